The normalized spacial score (nSPS) is 16.2. The molecule has 1 aromatic heterocycles. The van der Waals surface area contributed by atoms with E-state index in [-0.39, 0.29) is 17.2 Å². The number of aromatic hydroxyl groups is 1. The summed E-state index contributed by atoms with van der Waals surface area (Å²) in [5, 5.41) is 27.7. The molecule has 1 fully saturated rings. The molecule has 2 aliphatic heterocycles. The first-order valence-corrected chi connectivity index (χ1v) is 14.9. The van der Waals surface area contributed by atoms with Gasteiger partial charge in [-0.25, -0.2) is 9.78 Å². The summed E-state index contributed by atoms with van der Waals surface area (Å²) < 4.78 is 1.02. The molecule has 1 spiro atoms. The average Bonchev–Trinajstić information content (AvgIpc) is 3.49. The third-order valence-electron chi connectivity index (χ3n) is 8.18. The average molecular weight is 567 g/mol. The number of benzene rings is 3. The highest BCUT2D eigenvalue weighted by Gasteiger charge is 2.48. The SMILES string of the molecule is Cc1ccc2nc(NC(=O)Nc3ccccc3N3CC4(CCN(CC(C)C)CC4)c4c(C#N)ccc(O)c43)sc2c1. The van der Waals surface area contributed by atoms with Crippen LogP contribution in [0, 0.1) is 24.2 Å². The Balaban J connectivity index is 1.31. The number of nitrogens with zero attached hydrogens (tertiary/aromatic N) is 4. The number of phenols is 1. The molecule has 210 valence electrons. The number of para-hydroxylation sites is 2. The fourth-order valence-corrected chi connectivity index (χ4v) is 7.35. The smallest absolute Gasteiger partial charge is 0.325 e. The molecule has 9 heteroatoms. The second-order valence-electron chi connectivity index (χ2n) is 11.6. The molecule has 41 heavy (non-hydrogen) atoms. The number of phenolic OH excluding ortho intramolecular Hbond substituents is 1. The molecule has 0 bridgehead atoms. The van der Waals surface area contributed by atoms with Gasteiger partial charge in [0.25, 0.3) is 0 Å². The molecule has 2 aliphatic rings. The minimum Gasteiger partial charge on any atom is -0.506 e. The van der Waals surface area contributed by atoms with E-state index in [1.807, 2.05) is 43.3 Å². The van der Waals surface area contributed by atoms with Crippen molar-refractivity contribution in [2.45, 2.75) is 39.0 Å². The summed E-state index contributed by atoms with van der Waals surface area (Å²) in [5.74, 6) is 0.732. The van der Waals surface area contributed by atoms with Crippen molar-refractivity contribution in [1.29, 1.82) is 5.26 Å². The summed E-state index contributed by atoms with van der Waals surface area (Å²) in [6.45, 7) is 10.1. The number of rotatable bonds is 5. The molecule has 6 rings (SSSR count). The summed E-state index contributed by atoms with van der Waals surface area (Å²) in [5.41, 5.74) is 5.31. The topological polar surface area (TPSA) is 105 Å². The molecule has 4 aromatic rings. The summed E-state index contributed by atoms with van der Waals surface area (Å²) in [4.78, 5) is 22.3. The third-order valence-corrected chi connectivity index (χ3v) is 9.12. The van der Waals surface area contributed by atoms with E-state index in [0.717, 1.165) is 59.5 Å². The molecule has 0 radical (unpaired) electrons. The van der Waals surface area contributed by atoms with Gasteiger partial charge in [-0.2, -0.15) is 5.26 Å². The predicted molar refractivity (Wildman–Crippen MR) is 165 cm³/mol. The van der Waals surface area contributed by atoms with E-state index in [2.05, 4.69) is 51.4 Å². The number of nitrogens with one attached hydrogen (secondary N) is 2. The quantitative estimate of drug-likeness (QED) is 0.241. The Kier molecular flexibility index (Phi) is 7.06. The van der Waals surface area contributed by atoms with Gasteiger partial charge in [-0.05, 0) is 80.7 Å². The van der Waals surface area contributed by atoms with Crippen molar-refractivity contribution >= 4 is 49.8 Å². The van der Waals surface area contributed by atoms with E-state index in [1.165, 1.54) is 11.3 Å². The first-order valence-electron chi connectivity index (χ1n) is 14.1. The third kappa shape index (κ3) is 5.09. The Morgan fingerprint density at radius 2 is 1.93 bits per heavy atom. The van der Waals surface area contributed by atoms with Crippen LogP contribution in [0.3, 0.4) is 0 Å². The number of hydrogen-bond acceptors (Lipinski definition) is 7. The molecule has 1 saturated heterocycles. The molecule has 0 unspecified atom stereocenters. The Labute approximate surface area is 244 Å². The number of fused-ring (bicyclic) bond motifs is 3. The van der Waals surface area contributed by atoms with Crippen molar-refractivity contribution < 1.29 is 9.90 Å². The number of nitriles is 1. The van der Waals surface area contributed by atoms with Crippen LogP contribution in [-0.4, -0.2) is 47.2 Å². The van der Waals surface area contributed by atoms with Gasteiger partial charge in [0.2, 0.25) is 0 Å². The minimum atomic E-state index is -0.389. The van der Waals surface area contributed by atoms with Crippen molar-refractivity contribution in [2.24, 2.45) is 5.92 Å². The second kappa shape index (κ2) is 10.7. The van der Waals surface area contributed by atoms with Gasteiger partial charge in [-0.1, -0.05) is 43.4 Å². The van der Waals surface area contributed by atoms with Crippen LogP contribution in [0.2, 0.25) is 0 Å². The van der Waals surface area contributed by atoms with Crippen molar-refractivity contribution in [3.63, 3.8) is 0 Å². The number of aryl methyl sites for hydroxylation is 1. The standard InChI is InChI=1S/C32H34N6O2S/c1-20(2)18-37-14-12-32(13-15-37)19-38(29-26(39)11-9-22(17-33)28(29)32)25-7-5-4-6-23(25)34-30(40)36-31-35-24-10-8-21(3)16-27(24)41-31/h4-11,16,20,39H,12-15,18-19H2,1-3H3,(H2,34,35,36,40). The van der Waals surface area contributed by atoms with Crippen LogP contribution in [0.5, 0.6) is 5.75 Å². The second-order valence-corrected chi connectivity index (χ2v) is 12.6. The highest BCUT2D eigenvalue weighted by atomic mass is 32.1. The summed E-state index contributed by atoms with van der Waals surface area (Å²) >= 11 is 1.43. The van der Waals surface area contributed by atoms with Crippen LogP contribution in [0.15, 0.2) is 54.6 Å². The van der Waals surface area contributed by atoms with E-state index in [0.29, 0.717) is 34.5 Å². The van der Waals surface area contributed by atoms with Crippen molar-refractivity contribution in [1.82, 2.24) is 9.88 Å². The lowest BCUT2D eigenvalue weighted by Crippen LogP contribution is -2.45. The maximum Gasteiger partial charge on any atom is 0.325 e. The summed E-state index contributed by atoms with van der Waals surface area (Å²) in [6.07, 6.45) is 1.79. The first kappa shape index (κ1) is 27.1. The highest BCUT2D eigenvalue weighted by molar-refractivity contribution is 7.22. The van der Waals surface area contributed by atoms with Gasteiger partial charge >= 0.3 is 6.03 Å². The number of amides is 2. The lowest BCUT2D eigenvalue weighted by molar-refractivity contribution is 0.153. The van der Waals surface area contributed by atoms with Gasteiger partial charge in [-0.15, -0.1) is 0 Å². The maximum absolute atomic E-state index is 13.2. The molecular weight excluding hydrogens is 532 g/mol. The zero-order valence-electron chi connectivity index (χ0n) is 23.6. The summed E-state index contributed by atoms with van der Waals surface area (Å²) in [7, 11) is 0. The molecule has 3 N–H and O–H groups in total. The Morgan fingerprint density at radius 1 is 1.15 bits per heavy atom. The van der Waals surface area contributed by atoms with Gasteiger partial charge in [0.05, 0.1) is 38.9 Å². The van der Waals surface area contributed by atoms with Crippen molar-refractivity contribution in [2.75, 3.05) is 41.7 Å². The number of urea groups is 1. The van der Waals surface area contributed by atoms with Crippen LogP contribution in [0.1, 0.15) is 43.4 Å². The van der Waals surface area contributed by atoms with Gasteiger partial charge in [0.1, 0.15) is 5.75 Å². The van der Waals surface area contributed by atoms with Crippen LogP contribution >= 0.6 is 11.3 Å². The van der Waals surface area contributed by atoms with E-state index in [4.69, 9.17) is 0 Å². The van der Waals surface area contributed by atoms with Crippen LogP contribution in [0.4, 0.5) is 27.0 Å². The van der Waals surface area contributed by atoms with Gasteiger partial charge in [0.15, 0.2) is 5.13 Å². The van der Waals surface area contributed by atoms with Crippen molar-refractivity contribution in [3.8, 4) is 11.8 Å². The number of thiazole rings is 1. The lowest BCUT2D eigenvalue weighted by atomic mass is 9.72. The predicted octanol–water partition coefficient (Wildman–Crippen LogP) is 6.97. The van der Waals surface area contributed by atoms with E-state index < -0.39 is 0 Å². The number of carbonyl (C=O) groups is 1. The van der Waals surface area contributed by atoms with Crippen LogP contribution in [0.25, 0.3) is 10.2 Å². The largest absolute Gasteiger partial charge is 0.506 e. The lowest BCUT2D eigenvalue weighted by Gasteiger charge is -2.40. The molecule has 2 amide bonds. The highest BCUT2D eigenvalue weighted by Crippen LogP contribution is 2.55. The van der Waals surface area contributed by atoms with E-state index in [1.54, 1.807) is 12.1 Å². The Bertz CT molecular complexity index is 1660. The first-order chi connectivity index (χ1) is 19.8. The summed E-state index contributed by atoms with van der Waals surface area (Å²) in [6, 6.07) is 19.0. The molecule has 3 aromatic carbocycles. The Hall–Kier alpha value is -4.13. The van der Waals surface area contributed by atoms with E-state index in [9.17, 15) is 15.2 Å². The van der Waals surface area contributed by atoms with Crippen LogP contribution in [-0.2, 0) is 5.41 Å². The molecule has 0 aliphatic carbocycles. The molecule has 0 atom stereocenters. The zero-order valence-corrected chi connectivity index (χ0v) is 24.4. The number of likely N-dealkylation sites (tertiary alicyclic amines) is 1. The number of carbonyl (C=O) groups excluding carboxylic acids is 1. The van der Waals surface area contributed by atoms with Gasteiger partial charge < -0.3 is 20.2 Å². The number of piperidine rings is 1. The van der Waals surface area contributed by atoms with Gasteiger partial charge in [-0.3, -0.25) is 5.32 Å². The van der Waals surface area contributed by atoms with Crippen LogP contribution < -0.4 is 15.5 Å². The van der Waals surface area contributed by atoms with E-state index >= 15 is 0 Å². The zero-order chi connectivity index (χ0) is 28.7. The molecule has 8 nitrogen and oxygen atoms in total. The number of anilines is 4. The number of aromatic nitrogens is 1. The fourth-order valence-electron chi connectivity index (χ4n) is 6.39. The van der Waals surface area contributed by atoms with Gasteiger partial charge in [0, 0.05) is 24.1 Å². The van der Waals surface area contributed by atoms with Crippen molar-refractivity contribution in [3.05, 3.63) is 71.3 Å². The monoisotopic (exact) mass is 566 g/mol. The fraction of sp³-hybridized carbons (Fsp3) is 0.344. The number of hydrogen-bond donors (Lipinski definition) is 3. The Morgan fingerprint density at radius 3 is 2.68 bits per heavy atom. The maximum atomic E-state index is 13.2. The molecule has 3 heterocycles. The molecular formula is C32H34N6O2S. The minimum absolute atomic E-state index is 0.143. The molecule has 0 saturated carbocycles.